The zero-order chi connectivity index (χ0) is 16.2. The normalized spacial score (nSPS) is 13.3. The number of hydrogen-bond donors (Lipinski definition) is 0. The Kier molecular flexibility index (Phi) is 5.00. The molecule has 0 heteroatoms. The van der Waals surface area contributed by atoms with Crippen molar-refractivity contribution in [3.05, 3.63) is 75.9 Å². The van der Waals surface area contributed by atoms with Gasteiger partial charge in [0.05, 0.1) is 0 Å². The third-order valence-corrected chi connectivity index (χ3v) is 4.94. The Balaban J connectivity index is 2.28. The van der Waals surface area contributed by atoms with Gasteiger partial charge in [-0.25, -0.2) is 0 Å². The van der Waals surface area contributed by atoms with Gasteiger partial charge in [-0.15, -0.1) is 0 Å². The molecular weight excluding hydrogens is 276 g/mol. The summed E-state index contributed by atoms with van der Waals surface area (Å²) in [6.45, 7) is 6.81. The van der Waals surface area contributed by atoms with Gasteiger partial charge in [-0.1, -0.05) is 80.3 Å². The largest absolute Gasteiger partial charge is 0.0651 e. The highest BCUT2D eigenvalue weighted by molar-refractivity contribution is 5.86. The van der Waals surface area contributed by atoms with Crippen molar-refractivity contribution in [2.45, 2.75) is 59.3 Å². The van der Waals surface area contributed by atoms with Crippen LogP contribution in [0, 0.1) is 6.92 Å². The van der Waals surface area contributed by atoms with E-state index in [2.05, 4.69) is 63.2 Å². The van der Waals surface area contributed by atoms with E-state index in [4.69, 9.17) is 0 Å². The fourth-order valence-corrected chi connectivity index (χ4v) is 3.93. The van der Waals surface area contributed by atoms with Gasteiger partial charge in [-0.3, -0.25) is 0 Å². The van der Waals surface area contributed by atoms with Crippen molar-refractivity contribution in [1.82, 2.24) is 0 Å². The van der Waals surface area contributed by atoms with E-state index in [0.717, 1.165) is 12.8 Å². The number of allylic oxidation sites excluding steroid dienone is 1. The molecule has 0 fully saturated rings. The topological polar surface area (TPSA) is 0 Å². The van der Waals surface area contributed by atoms with Gasteiger partial charge in [0.25, 0.3) is 0 Å². The third kappa shape index (κ3) is 3.27. The first kappa shape index (κ1) is 16.1. The van der Waals surface area contributed by atoms with Gasteiger partial charge in [0, 0.05) is 0 Å². The molecule has 0 bridgehead atoms. The molecule has 0 N–H and O–H groups in total. The number of benzene rings is 2. The first-order valence-corrected chi connectivity index (χ1v) is 9.14. The van der Waals surface area contributed by atoms with Crippen molar-refractivity contribution < 1.29 is 0 Å². The van der Waals surface area contributed by atoms with Crippen LogP contribution >= 0.6 is 0 Å². The Labute approximate surface area is 141 Å². The van der Waals surface area contributed by atoms with E-state index in [-0.39, 0.29) is 0 Å². The maximum Gasteiger partial charge on any atom is -0.0114 e. The lowest BCUT2D eigenvalue weighted by atomic mass is 9.86. The molecule has 0 atom stereocenters. The summed E-state index contributed by atoms with van der Waals surface area (Å²) in [6.07, 6.45) is 7.19. The maximum atomic E-state index is 2.40. The molecule has 0 saturated heterocycles. The molecule has 0 aromatic heterocycles. The molecule has 23 heavy (non-hydrogen) atoms. The predicted octanol–water partition coefficient (Wildman–Crippen LogP) is 6.50. The Morgan fingerprint density at radius 2 is 1.48 bits per heavy atom. The lowest BCUT2D eigenvalue weighted by molar-refractivity contribution is 0.806. The maximum absolute atomic E-state index is 2.40. The Bertz CT molecular complexity index is 711. The van der Waals surface area contributed by atoms with E-state index in [1.54, 1.807) is 5.57 Å². The van der Waals surface area contributed by atoms with Crippen LogP contribution in [-0.4, -0.2) is 0 Å². The molecule has 1 aliphatic rings. The van der Waals surface area contributed by atoms with Gasteiger partial charge in [0.15, 0.2) is 0 Å². The average molecular weight is 304 g/mol. The van der Waals surface area contributed by atoms with Crippen molar-refractivity contribution in [2.24, 2.45) is 0 Å². The van der Waals surface area contributed by atoms with Gasteiger partial charge >= 0.3 is 0 Å². The molecule has 0 nitrogen and oxygen atoms in total. The van der Waals surface area contributed by atoms with Crippen LogP contribution in [0.25, 0.3) is 5.57 Å². The van der Waals surface area contributed by atoms with E-state index in [9.17, 15) is 0 Å². The van der Waals surface area contributed by atoms with Gasteiger partial charge in [-0.05, 0) is 60.4 Å². The quantitative estimate of drug-likeness (QED) is 0.605. The van der Waals surface area contributed by atoms with E-state index >= 15 is 0 Å². The minimum atomic E-state index is 1.15. The molecule has 2 aromatic carbocycles. The number of hydrogen-bond acceptors (Lipinski definition) is 0. The van der Waals surface area contributed by atoms with Gasteiger partial charge in [-0.2, -0.15) is 0 Å². The van der Waals surface area contributed by atoms with Crippen LogP contribution in [0.4, 0.5) is 0 Å². The summed E-state index contributed by atoms with van der Waals surface area (Å²) in [7, 11) is 0. The minimum Gasteiger partial charge on any atom is -0.0651 e. The fraction of sp³-hybridized carbons (Fsp3) is 0.391. The van der Waals surface area contributed by atoms with Gasteiger partial charge < -0.3 is 0 Å². The van der Waals surface area contributed by atoms with Crippen LogP contribution in [0.3, 0.4) is 0 Å². The molecule has 0 amide bonds. The predicted molar refractivity (Wildman–Crippen MR) is 101 cm³/mol. The molecule has 0 saturated carbocycles. The summed E-state index contributed by atoms with van der Waals surface area (Å²) in [6, 6.07) is 16.1. The molecule has 120 valence electrons. The highest BCUT2D eigenvalue weighted by Crippen LogP contribution is 2.38. The van der Waals surface area contributed by atoms with Crippen molar-refractivity contribution in [2.75, 3.05) is 0 Å². The van der Waals surface area contributed by atoms with E-state index < -0.39 is 0 Å². The van der Waals surface area contributed by atoms with Crippen molar-refractivity contribution in [1.29, 1.82) is 0 Å². The highest BCUT2D eigenvalue weighted by atomic mass is 14.2. The summed E-state index contributed by atoms with van der Waals surface area (Å²) in [5.41, 5.74) is 10.6. The molecular formula is C23H28. The van der Waals surface area contributed by atoms with E-state index in [1.807, 2.05) is 0 Å². The summed E-state index contributed by atoms with van der Waals surface area (Å²) in [5.74, 6) is 0. The first-order chi connectivity index (χ1) is 11.2. The smallest absolute Gasteiger partial charge is 0.0114 e. The SMILES string of the molecule is CCCC(CCC)=C1c2ccccc2CCc2cc(C)ccc21. The number of aryl methyl sites for hydroxylation is 3. The molecule has 2 aromatic rings. The average Bonchev–Trinajstić information content (AvgIpc) is 2.71. The van der Waals surface area contributed by atoms with Crippen LogP contribution in [0.15, 0.2) is 48.0 Å². The Morgan fingerprint density at radius 3 is 2.22 bits per heavy atom. The lowest BCUT2D eigenvalue weighted by Crippen LogP contribution is -1.98. The second-order valence-corrected chi connectivity index (χ2v) is 6.80. The van der Waals surface area contributed by atoms with Crippen molar-refractivity contribution in [3.8, 4) is 0 Å². The fourth-order valence-electron chi connectivity index (χ4n) is 3.93. The summed E-state index contributed by atoms with van der Waals surface area (Å²) in [4.78, 5) is 0. The highest BCUT2D eigenvalue weighted by Gasteiger charge is 2.20. The Hall–Kier alpha value is -1.82. The number of rotatable bonds is 4. The van der Waals surface area contributed by atoms with E-state index in [0.29, 0.717) is 0 Å². The molecule has 1 aliphatic carbocycles. The molecule has 0 radical (unpaired) electrons. The van der Waals surface area contributed by atoms with E-state index in [1.165, 1.54) is 59.1 Å². The third-order valence-electron chi connectivity index (χ3n) is 4.94. The van der Waals surface area contributed by atoms with Crippen LogP contribution in [0.1, 0.15) is 67.3 Å². The lowest BCUT2D eigenvalue weighted by Gasteiger charge is -2.18. The van der Waals surface area contributed by atoms with Crippen molar-refractivity contribution in [3.63, 3.8) is 0 Å². The van der Waals surface area contributed by atoms with Crippen LogP contribution < -0.4 is 0 Å². The zero-order valence-electron chi connectivity index (χ0n) is 14.8. The number of fused-ring (bicyclic) bond motifs is 2. The van der Waals surface area contributed by atoms with Crippen molar-refractivity contribution >= 4 is 5.57 Å². The monoisotopic (exact) mass is 304 g/mol. The van der Waals surface area contributed by atoms with Gasteiger partial charge in [0.1, 0.15) is 0 Å². The van der Waals surface area contributed by atoms with Crippen LogP contribution in [-0.2, 0) is 12.8 Å². The molecule has 0 heterocycles. The van der Waals surface area contributed by atoms with Crippen LogP contribution in [0.5, 0.6) is 0 Å². The summed E-state index contributed by atoms with van der Waals surface area (Å²) in [5, 5.41) is 0. The summed E-state index contributed by atoms with van der Waals surface area (Å²) < 4.78 is 0. The van der Waals surface area contributed by atoms with Crippen LogP contribution in [0.2, 0.25) is 0 Å². The molecule has 0 aliphatic heterocycles. The minimum absolute atomic E-state index is 1.15. The summed E-state index contributed by atoms with van der Waals surface area (Å²) >= 11 is 0. The second-order valence-electron chi connectivity index (χ2n) is 6.80. The zero-order valence-corrected chi connectivity index (χ0v) is 14.8. The molecule has 0 unspecified atom stereocenters. The molecule has 3 rings (SSSR count). The van der Waals surface area contributed by atoms with Gasteiger partial charge in [0.2, 0.25) is 0 Å². The molecule has 0 spiro atoms. The second kappa shape index (κ2) is 7.17. The standard InChI is InChI=1S/C23H28/c1-4-8-19(9-5-2)23-21-11-7-6-10-18(21)13-14-20-16-17(3)12-15-22(20)23/h6-7,10-12,15-16H,4-5,8-9,13-14H2,1-3H3. The first-order valence-electron chi connectivity index (χ1n) is 9.14. The Morgan fingerprint density at radius 1 is 0.826 bits per heavy atom.